The number of rotatable bonds is 8. The summed E-state index contributed by atoms with van der Waals surface area (Å²) in [5.74, 6) is -0.606. The maximum Gasteiger partial charge on any atom is 0.408 e. The molecular weight excluding hydrogens is 442 g/mol. The van der Waals surface area contributed by atoms with E-state index in [0.29, 0.717) is 6.42 Å². The van der Waals surface area contributed by atoms with Gasteiger partial charge in [0.1, 0.15) is 17.7 Å². The number of carbonyl (C=O) groups is 3. The Balaban J connectivity index is 2.53. The average Bonchev–Trinajstić information content (AvgIpc) is 3.50. The summed E-state index contributed by atoms with van der Waals surface area (Å²) in [6, 6.07) is 4.36. The predicted molar refractivity (Wildman–Crippen MR) is 139 cm³/mol. The minimum atomic E-state index is -0.800. The van der Waals surface area contributed by atoms with Crippen molar-refractivity contribution in [1.82, 2.24) is 15.5 Å². The number of nitrogens with zero attached hydrogens (tertiary/aromatic N) is 1. The van der Waals surface area contributed by atoms with Gasteiger partial charge >= 0.3 is 6.09 Å². The van der Waals surface area contributed by atoms with Crippen LogP contribution in [0.5, 0.6) is 0 Å². The van der Waals surface area contributed by atoms with Crippen molar-refractivity contribution in [2.75, 3.05) is 0 Å². The first-order valence-electron chi connectivity index (χ1n) is 12.7. The van der Waals surface area contributed by atoms with Crippen molar-refractivity contribution in [2.24, 2.45) is 5.92 Å². The van der Waals surface area contributed by atoms with Gasteiger partial charge in [0, 0.05) is 11.6 Å². The van der Waals surface area contributed by atoms with Crippen molar-refractivity contribution in [1.29, 1.82) is 0 Å². The van der Waals surface area contributed by atoms with Crippen LogP contribution in [0.15, 0.2) is 18.2 Å². The second-order valence-corrected chi connectivity index (χ2v) is 12.0. The number of ether oxygens (including phenoxy) is 1. The molecule has 3 amide bonds. The van der Waals surface area contributed by atoms with Gasteiger partial charge in [-0.1, -0.05) is 49.6 Å². The van der Waals surface area contributed by atoms with Crippen LogP contribution < -0.4 is 10.6 Å². The van der Waals surface area contributed by atoms with Crippen LogP contribution in [0.25, 0.3) is 0 Å². The van der Waals surface area contributed by atoms with Crippen LogP contribution in [0.4, 0.5) is 4.79 Å². The van der Waals surface area contributed by atoms with Crippen LogP contribution in [-0.2, 0) is 14.3 Å². The molecule has 1 aliphatic carbocycles. The maximum atomic E-state index is 14.2. The van der Waals surface area contributed by atoms with Gasteiger partial charge in [0.2, 0.25) is 11.8 Å². The molecular formula is C28H45N3O4. The number of amides is 3. The first-order chi connectivity index (χ1) is 16.0. The molecule has 0 spiro atoms. The summed E-state index contributed by atoms with van der Waals surface area (Å²) in [6.45, 7) is 19.1. The second-order valence-electron chi connectivity index (χ2n) is 12.0. The molecule has 0 radical (unpaired) electrons. The van der Waals surface area contributed by atoms with Gasteiger partial charge in [-0.15, -0.1) is 0 Å². The highest BCUT2D eigenvalue weighted by Crippen LogP contribution is 2.37. The summed E-state index contributed by atoms with van der Waals surface area (Å²) in [4.78, 5) is 42.3. The number of hydrogen-bond acceptors (Lipinski definition) is 4. The lowest BCUT2D eigenvalue weighted by molar-refractivity contribution is -0.144. The topological polar surface area (TPSA) is 87.7 Å². The van der Waals surface area contributed by atoms with Crippen molar-refractivity contribution >= 4 is 17.9 Å². The number of aryl methyl sites for hydroxylation is 2. The summed E-state index contributed by atoms with van der Waals surface area (Å²) >= 11 is 0. The predicted octanol–water partition coefficient (Wildman–Crippen LogP) is 5.19. The molecule has 1 saturated carbocycles. The monoisotopic (exact) mass is 487 g/mol. The summed E-state index contributed by atoms with van der Waals surface area (Å²) in [6.07, 6.45) is 1.71. The first-order valence-corrected chi connectivity index (χ1v) is 12.7. The van der Waals surface area contributed by atoms with E-state index in [2.05, 4.69) is 16.7 Å². The fourth-order valence-corrected chi connectivity index (χ4v) is 4.19. The SMILES string of the molecule is CCC(C)C(NC(=O)OC(C)(C)C)C(=O)N(C1CC1)C(C(=O)NC(C)(C)C)c1cc(C)cc(C)c1. The molecule has 7 heteroatoms. The highest BCUT2D eigenvalue weighted by Gasteiger charge is 2.45. The Labute approximate surface area is 211 Å². The molecule has 1 aromatic carbocycles. The molecule has 0 saturated heterocycles. The van der Waals surface area contributed by atoms with Crippen molar-refractivity contribution in [2.45, 2.75) is 118 Å². The third kappa shape index (κ3) is 8.55. The van der Waals surface area contributed by atoms with Gasteiger partial charge in [-0.3, -0.25) is 9.59 Å². The van der Waals surface area contributed by atoms with Crippen molar-refractivity contribution < 1.29 is 19.1 Å². The van der Waals surface area contributed by atoms with Crippen LogP contribution in [0.1, 0.15) is 97.4 Å². The van der Waals surface area contributed by atoms with Crippen LogP contribution in [-0.4, -0.2) is 46.0 Å². The maximum absolute atomic E-state index is 14.2. The molecule has 35 heavy (non-hydrogen) atoms. The highest BCUT2D eigenvalue weighted by molar-refractivity contribution is 5.93. The van der Waals surface area contributed by atoms with Gasteiger partial charge in [-0.2, -0.15) is 0 Å². The molecule has 2 rings (SSSR count). The van der Waals surface area contributed by atoms with Crippen molar-refractivity contribution in [3.63, 3.8) is 0 Å². The van der Waals surface area contributed by atoms with E-state index in [1.54, 1.807) is 25.7 Å². The van der Waals surface area contributed by atoms with Crippen LogP contribution in [0, 0.1) is 19.8 Å². The van der Waals surface area contributed by atoms with E-state index in [0.717, 1.165) is 29.5 Å². The Hall–Kier alpha value is -2.57. The van der Waals surface area contributed by atoms with Gasteiger partial charge in [-0.05, 0) is 79.7 Å². The Morgan fingerprint density at radius 3 is 2.00 bits per heavy atom. The van der Waals surface area contributed by atoms with E-state index in [4.69, 9.17) is 4.74 Å². The zero-order valence-corrected chi connectivity index (χ0v) is 23.2. The van der Waals surface area contributed by atoms with Gasteiger partial charge in [0.15, 0.2) is 0 Å². The molecule has 196 valence electrons. The molecule has 1 aromatic rings. The average molecular weight is 488 g/mol. The lowest BCUT2D eigenvalue weighted by atomic mass is 9.94. The quantitative estimate of drug-likeness (QED) is 0.528. The molecule has 3 atom stereocenters. The number of nitrogens with one attached hydrogen (secondary N) is 2. The van der Waals surface area contributed by atoms with Gasteiger partial charge in [0.05, 0.1) is 0 Å². The molecule has 0 heterocycles. The lowest BCUT2D eigenvalue weighted by Gasteiger charge is -2.37. The standard InChI is InChI=1S/C28H45N3O4/c1-11-19(4)22(29-26(34)35-28(8,9)10)25(33)31(21-12-13-21)23(24(32)30-27(5,6)7)20-15-17(2)14-18(3)16-20/h14-16,19,21-23H,11-13H2,1-10H3,(H,29,34)(H,30,32). The van der Waals surface area contributed by atoms with E-state index in [1.165, 1.54) is 0 Å². The van der Waals surface area contributed by atoms with E-state index in [1.807, 2.05) is 60.6 Å². The van der Waals surface area contributed by atoms with E-state index in [-0.39, 0.29) is 23.8 Å². The fourth-order valence-electron chi connectivity index (χ4n) is 4.19. The smallest absolute Gasteiger partial charge is 0.408 e. The third-order valence-electron chi connectivity index (χ3n) is 5.93. The minimum Gasteiger partial charge on any atom is -0.444 e. The minimum absolute atomic E-state index is 0.0500. The van der Waals surface area contributed by atoms with E-state index >= 15 is 0 Å². The Kier molecular flexibility index (Phi) is 9.01. The molecule has 3 unspecified atom stereocenters. The van der Waals surface area contributed by atoms with Crippen LogP contribution in [0.3, 0.4) is 0 Å². The van der Waals surface area contributed by atoms with Gasteiger partial charge in [0.25, 0.3) is 0 Å². The fraction of sp³-hybridized carbons (Fsp3) is 0.679. The van der Waals surface area contributed by atoms with Crippen molar-refractivity contribution in [3.8, 4) is 0 Å². The zero-order valence-electron chi connectivity index (χ0n) is 23.2. The molecule has 7 nitrogen and oxygen atoms in total. The molecule has 1 aliphatic rings. The highest BCUT2D eigenvalue weighted by atomic mass is 16.6. The Bertz CT molecular complexity index is 905. The lowest BCUT2D eigenvalue weighted by Crippen LogP contribution is -2.57. The second kappa shape index (κ2) is 11.0. The normalized spacial score (nSPS) is 16.6. The van der Waals surface area contributed by atoms with E-state index in [9.17, 15) is 14.4 Å². The van der Waals surface area contributed by atoms with E-state index < -0.39 is 29.3 Å². The van der Waals surface area contributed by atoms with Crippen LogP contribution in [0.2, 0.25) is 0 Å². The number of carbonyl (C=O) groups excluding carboxylic acids is 3. The number of hydrogen-bond donors (Lipinski definition) is 2. The molecule has 0 bridgehead atoms. The molecule has 0 aliphatic heterocycles. The third-order valence-corrected chi connectivity index (χ3v) is 5.93. The largest absolute Gasteiger partial charge is 0.444 e. The first kappa shape index (κ1) is 28.7. The van der Waals surface area contributed by atoms with Crippen LogP contribution >= 0.6 is 0 Å². The van der Waals surface area contributed by atoms with Gasteiger partial charge in [-0.25, -0.2) is 4.79 Å². The molecule has 1 fully saturated rings. The molecule has 0 aromatic heterocycles. The molecule has 2 N–H and O–H groups in total. The zero-order chi connectivity index (χ0) is 26.7. The van der Waals surface area contributed by atoms with Crippen molar-refractivity contribution in [3.05, 3.63) is 34.9 Å². The summed E-state index contributed by atoms with van der Waals surface area (Å²) in [5, 5.41) is 5.90. The van der Waals surface area contributed by atoms with Gasteiger partial charge < -0.3 is 20.3 Å². The Morgan fingerprint density at radius 1 is 1.03 bits per heavy atom. The number of alkyl carbamates (subject to hydrolysis) is 1. The number of benzene rings is 1. The Morgan fingerprint density at radius 2 is 1.57 bits per heavy atom. The summed E-state index contributed by atoms with van der Waals surface area (Å²) in [7, 11) is 0. The summed E-state index contributed by atoms with van der Waals surface area (Å²) < 4.78 is 5.46. The summed E-state index contributed by atoms with van der Waals surface area (Å²) in [5.41, 5.74) is 1.70.